The van der Waals surface area contributed by atoms with Gasteiger partial charge in [0.05, 0.1) is 20.6 Å². The van der Waals surface area contributed by atoms with Gasteiger partial charge in [0.15, 0.2) is 11.5 Å². The predicted molar refractivity (Wildman–Crippen MR) is 78.9 cm³/mol. The molecule has 0 aliphatic rings. The van der Waals surface area contributed by atoms with Crippen LogP contribution in [0.1, 0.15) is 9.75 Å². The molecule has 1 heterocycles. The largest absolute Gasteiger partial charge is 0.493 e. The highest BCUT2D eigenvalue weighted by atomic mass is 32.1. The van der Waals surface area contributed by atoms with Crippen molar-refractivity contribution in [1.29, 1.82) is 0 Å². The van der Waals surface area contributed by atoms with Gasteiger partial charge >= 0.3 is 5.97 Å². The Balaban J connectivity index is 2.48. The second-order valence-corrected chi connectivity index (χ2v) is 5.68. The third-order valence-electron chi connectivity index (χ3n) is 2.94. The Kier molecular flexibility index (Phi) is 4.29. The molecule has 20 heavy (non-hydrogen) atoms. The molecule has 4 nitrogen and oxygen atoms in total. The summed E-state index contributed by atoms with van der Waals surface area (Å²) < 4.78 is 10.5. The van der Waals surface area contributed by atoms with Crippen LogP contribution >= 0.6 is 11.3 Å². The van der Waals surface area contributed by atoms with Gasteiger partial charge in [-0.25, -0.2) is 0 Å². The van der Waals surface area contributed by atoms with Gasteiger partial charge in [0.2, 0.25) is 0 Å². The van der Waals surface area contributed by atoms with E-state index in [0.29, 0.717) is 11.5 Å². The van der Waals surface area contributed by atoms with E-state index in [1.165, 1.54) is 11.3 Å². The van der Waals surface area contributed by atoms with Gasteiger partial charge in [-0.15, -0.1) is 11.3 Å². The number of carboxylic acids is 1. The number of carbonyl (C=O) groups is 1. The monoisotopic (exact) mass is 292 g/mol. The summed E-state index contributed by atoms with van der Waals surface area (Å²) >= 11 is 1.51. The lowest BCUT2D eigenvalue weighted by molar-refractivity contribution is -0.136. The maximum Gasteiger partial charge on any atom is 0.308 e. The number of hydrogen-bond donors (Lipinski definition) is 1. The summed E-state index contributed by atoms with van der Waals surface area (Å²) in [4.78, 5) is 12.9. The highest BCUT2D eigenvalue weighted by molar-refractivity contribution is 7.12. The minimum absolute atomic E-state index is 0.0299. The number of benzene rings is 1. The molecule has 0 unspecified atom stereocenters. The van der Waals surface area contributed by atoms with Gasteiger partial charge in [-0.3, -0.25) is 4.79 Å². The molecule has 1 aromatic heterocycles. The fourth-order valence-corrected chi connectivity index (χ4v) is 3.13. The summed E-state index contributed by atoms with van der Waals surface area (Å²) in [5.74, 6) is 0.465. The third-order valence-corrected chi connectivity index (χ3v) is 3.99. The van der Waals surface area contributed by atoms with Crippen LogP contribution in [-0.4, -0.2) is 25.3 Å². The molecular weight excluding hydrogens is 276 g/mol. The van der Waals surface area contributed by atoms with Crippen molar-refractivity contribution in [2.75, 3.05) is 14.2 Å². The van der Waals surface area contributed by atoms with E-state index in [2.05, 4.69) is 0 Å². The van der Waals surface area contributed by atoms with E-state index in [-0.39, 0.29) is 6.42 Å². The van der Waals surface area contributed by atoms with Crippen LogP contribution in [-0.2, 0) is 11.2 Å². The van der Waals surface area contributed by atoms with Crippen molar-refractivity contribution in [3.05, 3.63) is 34.0 Å². The number of hydrogen-bond acceptors (Lipinski definition) is 4. The average Bonchev–Trinajstić information content (AvgIpc) is 2.77. The second-order valence-electron chi connectivity index (χ2n) is 4.33. The second kappa shape index (κ2) is 5.96. The first-order valence-corrected chi connectivity index (χ1v) is 6.90. The molecule has 0 amide bonds. The Morgan fingerprint density at radius 3 is 2.50 bits per heavy atom. The lowest BCUT2D eigenvalue weighted by Gasteiger charge is -2.09. The lowest BCUT2D eigenvalue weighted by Crippen LogP contribution is -1.99. The fraction of sp³-hybridized carbons (Fsp3) is 0.267. The predicted octanol–water partition coefficient (Wildman–Crippen LogP) is 3.37. The molecule has 2 aromatic rings. The zero-order chi connectivity index (χ0) is 14.7. The first-order chi connectivity index (χ1) is 9.55. The number of methoxy groups -OCH3 is 2. The average molecular weight is 292 g/mol. The molecule has 0 bridgehead atoms. The summed E-state index contributed by atoms with van der Waals surface area (Å²) in [5.41, 5.74) is 1.87. The number of carboxylic acid groups (broad SMARTS) is 1. The van der Waals surface area contributed by atoms with E-state index in [9.17, 15) is 4.79 Å². The number of aliphatic carboxylic acids is 1. The molecule has 0 saturated heterocycles. The smallest absolute Gasteiger partial charge is 0.308 e. The SMILES string of the molecule is COc1ccc(-c2cc(C)sc2CC(=O)O)cc1OC. The van der Waals surface area contributed by atoms with Gasteiger partial charge in [0.1, 0.15) is 0 Å². The molecule has 0 saturated carbocycles. The first kappa shape index (κ1) is 14.4. The molecule has 5 heteroatoms. The fourth-order valence-electron chi connectivity index (χ4n) is 2.08. The highest BCUT2D eigenvalue weighted by Gasteiger charge is 2.14. The van der Waals surface area contributed by atoms with E-state index >= 15 is 0 Å². The van der Waals surface area contributed by atoms with Crippen molar-refractivity contribution in [2.45, 2.75) is 13.3 Å². The van der Waals surface area contributed by atoms with Crippen molar-refractivity contribution >= 4 is 17.3 Å². The summed E-state index contributed by atoms with van der Waals surface area (Å²) in [6, 6.07) is 7.61. The standard InChI is InChI=1S/C15H16O4S/c1-9-6-11(14(20-9)8-15(16)17)10-4-5-12(18-2)13(7-10)19-3/h4-7H,8H2,1-3H3,(H,16,17). The van der Waals surface area contributed by atoms with Crippen LogP contribution in [0.2, 0.25) is 0 Å². The molecule has 1 aromatic carbocycles. The van der Waals surface area contributed by atoms with E-state index < -0.39 is 5.97 Å². The maximum absolute atomic E-state index is 10.9. The number of rotatable bonds is 5. The van der Waals surface area contributed by atoms with Crippen molar-refractivity contribution in [1.82, 2.24) is 0 Å². The van der Waals surface area contributed by atoms with Crippen LogP contribution in [0.25, 0.3) is 11.1 Å². The van der Waals surface area contributed by atoms with Crippen LogP contribution in [0, 0.1) is 6.92 Å². The van der Waals surface area contributed by atoms with Crippen molar-refractivity contribution < 1.29 is 19.4 Å². The van der Waals surface area contributed by atoms with E-state index in [1.807, 2.05) is 31.2 Å². The minimum Gasteiger partial charge on any atom is -0.493 e. The van der Waals surface area contributed by atoms with Crippen LogP contribution in [0.3, 0.4) is 0 Å². The third kappa shape index (κ3) is 2.93. The quantitative estimate of drug-likeness (QED) is 0.918. The van der Waals surface area contributed by atoms with Gasteiger partial charge in [-0.05, 0) is 36.2 Å². The molecule has 1 N–H and O–H groups in total. The lowest BCUT2D eigenvalue weighted by atomic mass is 10.0. The highest BCUT2D eigenvalue weighted by Crippen LogP contribution is 2.36. The Morgan fingerprint density at radius 1 is 1.20 bits per heavy atom. The maximum atomic E-state index is 10.9. The van der Waals surface area contributed by atoms with E-state index in [0.717, 1.165) is 20.9 Å². The van der Waals surface area contributed by atoms with Crippen LogP contribution in [0.15, 0.2) is 24.3 Å². The number of ether oxygens (including phenoxy) is 2. The van der Waals surface area contributed by atoms with Crippen LogP contribution in [0.4, 0.5) is 0 Å². The number of thiophene rings is 1. The zero-order valence-corrected chi connectivity index (χ0v) is 12.4. The minimum atomic E-state index is -0.825. The molecule has 0 aliphatic heterocycles. The molecule has 106 valence electrons. The van der Waals surface area contributed by atoms with Gasteiger partial charge in [-0.1, -0.05) is 6.07 Å². The van der Waals surface area contributed by atoms with Crippen molar-refractivity contribution in [2.24, 2.45) is 0 Å². The van der Waals surface area contributed by atoms with Crippen LogP contribution in [0.5, 0.6) is 11.5 Å². The van der Waals surface area contributed by atoms with E-state index in [4.69, 9.17) is 14.6 Å². The van der Waals surface area contributed by atoms with Crippen molar-refractivity contribution in [3.8, 4) is 22.6 Å². The molecule has 0 fully saturated rings. The first-order valence-electron chi connectivity index (χ1n) is 6.08. The molecular formula is C15H16O4S. The Bertz CT molecular complexity index is 631. The number of aryl methyl sites for hydroxylation is 1. The molecule has 0 atom stereocenters. The molecule has 0 radical (unpaired) electrons. The Hall–Kier alpha value is -2.01. The summed E-state index contributed by atoms with van der Waals surface area (Å²) in [6.45, 7) is 1.97. The molecule has 0 aliphatic carbocycles. The van der Waals surface area contributed by atoms with Gasteiger partial charge < -0.3 is 14.6 Å². The van der Waals surface area contributed by atoms with Crippen molar-refractivity contribution in [3.63, 3.8) is 0 Å². The summed E-state index contributed by atoms with van der Waals surface area (Å²) in [7, 11) is 3.17. The Morgan fingerprint density at radius 2 is 1.90 bits per heavy atom. The van der Waals surface area contributed by atoms with Gasteiger partial charge in [0, 0.05) is 9.75 Å². The summed E-state index contributed by atoms with van der Waals surface area (Å²) in [5, 5.41) is 8.99. The molecule has 2 rings (SSSR count). The van der Waals surface area contributed by atoms with Gasteiger partial charge in [-0.2, -0.15) is 0 Å². The topological polar surface area (TPSA) is 55.8 Å². The Labute approximate surface area is 121 Å². The van der Waals surface area contributed by atoms with E-state index in [1.54, 1.807) is 14.2 Å². The van der Waals surface area contributed by atoms with Gasteiger partial charge in [0.25, 0.3) is 0 Å². The van der Waals surface area contributed by atoms with Crippen LogP contribution < -0.4 is 9.47 Å². The normalized spacial score (nSPS) is 10.3. The molecule has 0 spiro atoms. The zero-order valence-electron chi connectivity index (χ0n) is 11.6. The summed E-state index contributed by atoms with van der Waals surface area (Å²) in [6.07, 6.45) is 0.0299.